The Morgan fingerprint density at radius 2 is 2.00 bits per heavy atom. The number of rotatable bonds is 3. The van der Waals surface area contributed by atoms with E-state index >= 15 is 0 Å². The van der Waals surface area contributed by atoms with Crippen LogP contribution in [-0.4, -0.2) is 19.2 Å². The van der Waals surface area contributed by atoms with E-state index in [-0.39, 0.29) is 0 Å². The van der Waals surface area contributed by atoms with Crippen molar-refractivity contribution >= 4 is 5.57 Å². The molecule has 0 radical (unpaired) electrons. The number of hydrogen-bond donors (Lipinski definition) is 0. The molecule has 1 heterocycles. The molecule has 1 aromatic rings. The lowest BCUT2D eigenvalue weighted by Gasteiger charge is -2.07. The maximum Gasteiger partial charge on any atom is 0.224 e. The first-order valence-corrected chi connectivity index (χ1v) is 3.94. The van der Waals surface area contributed by atoms with Crippen LogP contribution in [-0.2, 0) is 0 Å². The number of methoxy groups -OCH3 is 2. The Bertz CT molecular complexity index is 321. The van der Waals surface area contributed by atoms with Gasteiger partial charge >= 0.3 is 0 Å². The van der Waals surface area contributed by atoms with Crippen LogP contribution in [0.5, 0.6) is 11.8 Å². The molecule has 1 aromatic heterocycles. The van der Waals surface area contributed by atoms with Gasteiger partial charge in [-0.1, -0.05) is 6.58 Å². The molecule has 70 valence electrons. The molecule has 1 rings (SSSR count). The number of allylic oxidation sites excluding steroid dienone is 1. The molecule has 0 bridgehead atoms. The van der Waals surface area contributed by atoms with Gasteiger partial charge in [0, 0.05) is 11.6 Å². The number of hydrogen-bond acceptors (Lipinski definition) is 3. The number of pyridine rings is 1. The van der Waals surface area contributed by atoms with Crippen molar-refractivity contribution < 1.29 is 9.47 Å². The second-order valence-electron chi connectivity index (χ2n) is 2.69. The predicted octanol–water partition coefficient (Wildman–Crippen LogP) is 2.13. The minimum atomic E-state index is 0.543. The van der Waals surface area contributed by atoms with Crippen LogP contribution >= 0.6 is 0 Å². The van der Waals surface area contributed by atoms with Crippen LogP contribution in [0, 0.1) is 0 Å². The number of nitrogens with zero attached hydrogens (tertiary/aromatic N) is 1. The summed E-state index contributed by atoms with van der Waals surface area (Å²) in [5, 5.41) is 0. The zero-order valence-corrected chi connectivity index (χ0v) is 8.13. The highest BCUT2D eigenvalue weighted by Crippen LogP contribution is 2.24. The molecule has 0 N–H and O–H groups in total. The van der Waals surface area contributed by atoms with Gasteiger partial charge in [0.1, 0.15) is 0 Å². The van der Waals surface area contributed by atoms with Crippen LogP contribution in [0.25, 0.3) is 5.57 Å². The molecule has 3 nitrogen and oxygen atoms in total. The van der Waals surface area contributed by atoms with Gasteiger partial charge in [0.05, 0.1) is 14.2 Å². The van der Waals surface area contributed by atoms with Crippen LogP contribution in [0.1, 0.15) is 12.5 Å². The highest BCUT2D eigenvalue weighted by molar-refractivity contribution is 5.65. The van der Waals surface area contributed by atoms with E-state index in [4.69, 9.17) is 9.47 Å². The monoisotopic (exact) mass is 179 g/mol. The largest absolute Gasteiger partial charge is 0.481 e. The van der Waals surface area contributed by atoms with Gasteiger partial charge in [0.15, 0.2) is 0 Å². The molecule has 0 aliphatic heterocycles. The average molecular weight is 179 g/mol. The van der Waals surface area contributed by atoms with Gasteiger partial charge in [-0.15, -0.1) is 0 Å². The predicted molar refractivity (Wildman–Crippen MR) is 52.0 cm³/mol. The fraction of sp³-hybridized carbons (Fsp3) is 0.300. The van der Waals surface area contributed by atoms with Gasteiger partial charge in [-0.05, 0) is 18.6 Å². The molecule has 0 spiro atoms. The fourth-order valence-electron chi connectivity index (χ4n) is 1.02. The maximum atomic E-state index is 5.10. The van der Waals surface area contributed by atoms with Gasteiger partial charge in [0.25, 0.3) is 0 Å². The standard InChI is InChI=1S/C10H13NO2/c1-7(2)8-5-6-9(12-3)11-10(8)13-4/h5-6H,1H2,2-4H3. The van der Waals surface area contributed by atoms with E-state index in [1.807, 2.05) is 13.0 Å². The number of ether oxygens (including phenoxy) is 2. The van der Waals surface area contributed by atoms with Crippen molar-refractivity contribution in [3.8, 4) is 11.8 Å². The van der Waals surface area contributed by atoms with Crippen molar-refractivity contribution in [2.45, 2.75) is 6.92 Å². The third-order valence-corrected chi connectivity index (χ3v) is 1.70. The minimum absolute atomic E-state index is 0.543. The molecular weight excluding hydrogens is 166 g/mol. The van der Waals surface area contributed by atoms with E-state index in [9.17, 15) is 0 Å². The summed E-state index contributed by atoms with van der Waals surface area (Å²) >= 11 is 0. The zero-order chi connectivity index (χ0) is 9.84. The summed E-state index contributed by atoms with van der Waals surface area (Å²) in [7, 11) is 3.15. The molecule has 0 saturated carbocycles. The quantitative estimate of drug-likeness (QED) is 0.712. The van der Waals surface area contributed by atoms with Crippen LogP contribution in [0.3, 0.4) is 0 Å². The molecule has 3 heteroatoms. The van der Waals surface area contributed by atoms with Gasteiger partial charge in [0.2, 0.25) is 11.8 Å². The normalized spacial score (nSPS) is 9.46. The third kappa shape index (κ3) is 1.99. The van der Waals surface area contributed by atoms with Crippen LogP contribution in [0.15, 0.2) is 18.7 Å². The highest BCUT2D eigenvalue weighted by Gasteiger charge is 2.06. The second-order valence-corrected chi connectivity index (χ2v) is 2.69. The van der Waals surface area contributed by atoms with E-state index in [0.717, 1.165) is 11.1 Å². The SMILES string of the molecule is C=C(C)c1ccc(OC)nc1OC. The highest BCUT2D eigenvalue weighted by atomic mass is 16.5. The summed E-state index contributed by atoms with van der Waals surface area (Å²) in [6, 6.07) is 3.67. The van der Waals surface area contributed by atoms with Gasteiger partial charge in [-0.25, -0.2) is 0 Å². The fourth-order valence-corrected chi connectivity index (χ4v) is 1.02. The molecular formula is C10H13NO2. The Morgan fingerprint density at radius 3 is 2.46 bits per heavy atom. The molecule has 0 amide bonds. The molecule has 0 aliphatic carbocycles. The van der Waals surface area contributed by atoms with Crippen molar-refractivity contribution in [2.24, 2.45) is 0 Å². The molecule has 0 aromatic carbocycles. The Labute approximate surface area is 78.0 Å². The maximum absolute atomic E-state index is 5.10. The van der Waals surface area contributed by atoms with Gasteiger partial charge in [-0.2, -0.15) is 4.98 Å². The molecule has 0 unspecified atom stereocenters. The Kier molecular flexibility index (Phi) is 2.90. The summed E-state index contributed by atoms with van der Waals surface area (Å²) in [6.07, 6.45) is 0. The molecule has 13 heavy (non-hydrogen) atoms. The van der Waals surface area contributed by atoms with Crippen LogP contribution < -0.4 is 9.47 Å². The summed E-state index contributed by atoms with van der Waals surface area (Å²) in [4.78, 5) is 4.13. The lowest BCUT2D eigenvalue weighted by atomic mass is 10.1. The summed E-state index contributed by atoms with van der Waals surface area (Å²) in [6.45, 7) is 5.74. The van der Waals surface area contributed by atoms with Crippen molar-refractivity contribution in [1.82, 2.24) is 4.98 Å². The molecule has 0 fully saturated rings. The second kappa shape index (κ2) is 3.94. The van der Waals surface area contributed by atoms with Gasteiger partial charge in [-0.3, -0.25) is 0 Å². The number of aromatic nitrogens is 1. The lowest BCUT2D eigenvalue weighted by molar-refractivity contribution is 0.364. The first-order chi connectivity index (χ1) is 6.19. The minimum Gasteiger partial charge on any atom is -0.481 e. The van der Waals surface area contributed by atoms with Crippen LogP contribution in [0.4, 0.5) is 0 Å². The smallest absolute Gasteiger partial charge is 0.224 e. The summed E-state index contributed by atoms with van der Waals surface area (Å²) in [5.74, 6) is 1.09. The zero-order valence-electron chi connectivity index (χ0n) is 8.13. The summed E-state index contributed by atoms with van der Waals surface area (Å²) < 4.78 is 10.1. The van der Waals surface area contributed by atoms with E-state index in [0.29, 0.717) is 11.8 Å². The van der Waals surface area contributed by atoms with E-state index in [1.165, 1.54) is 0 Å². The van der Waals surface area contributed by atoms with Gasteiger partial charge < -0.3 is 9.47 Å². The Morgan fingerprint density at radius 1 is 1.31 bits per heavy atom. The Hall–Kier alpha value is -1.51. The molecule has 0 aliphatic rings. The van der Waals surface area contributed by atoms with Crippen molar-refractivity contribution in [1.29, 1.82) is 0 Å². The van der Waals surface area contributed by atoms with Crippen molar-refractivity contribution in [3.05, 3.63) is 24.3 Å². The lowest BCUT2D eigenvalue weighted by Crippen LogP contribution is -1.95. The average Bonchev–Trinajstić information content (AvgIpc) is 2.16. The van der Waals surface area contributed by atoms with E-state index in [2.05, 4.69) is 11.6 Å². The summed E-state index contributed by atoms with van der Waals surface area (Å²) in [5.41, 5.74) is 1.83. The third-order valence-electron chi connectivity index (χ3n) is 1.70. The molecule has 0 saturated heterocycles. The van der Waals surface area contributed by atoms with E-state index < -0.39 is 0 Å². The van der Waals surface area contributed by atoms with E-state index in [1.54, 1.807) is 20.3 Å². The van der Waals surface area contributed by atoms with Crippen LogP contribution in [0.2, 0.25) is 0 Å². The Balaban J connectivity index is 3.15. The van der Waals surface area contributed by atoms with Crippen molar-refractivity contribution in [2.75, 3.05) is 14.2 Å². The topological polar surface area (TPSA) is 31.4 Å². The molecule has 0 atom stereocenters. The van der Waals surface area contributed by atoms with Crippen molar-refractivity contribution in [3.63, 3.8) is 0 Å². The first kappa shape index (κ1) is 9.58. The first-order valence-electron chi connectivity index (χ1n) is 3.94.